The molecule has 5 heteroatoms. The Morgan fingerprint density at radius 3 is 2.29 bits per heavy atom. The molecule has 0 amide bonds. The van der Waals surface area contributed by atoms with E-state index in [1.807, 2.05) is 39.0 Å². The summed E-state index contributed by atoms with van der Waals surface area (Å²) < 4.78 is 38.5. The average Bonchev–Trinajstić information content (AvgIpc) is 3.16. The number of anilines is 1. The maximum Gasteiger partial charge on any atom is 0.405 e. The summed E-state index contributed by atoms with van der Waals surface area (Å²) in [4.78, 5) is 1.51. The van der Waals surface area contributed by atoms with Crippen LogP contribution in [0.2, 0.25) is 0 Å². The second-order valence-corrected chi connectivity index (χ2v) is 6.71. The van der Waals surface area contributed by atoms with Crippen molar-refractivity contribution in [2.24, 2.45) is 0 Å². The van der Waals surface area contributed by atoms with Crippen LogP contribution in [0.4, 0.5) is 18.9 Å². The van der Waals surface area contributed by atoms with Crippen molar-refractivity contribution in [1.82, 2.24) is 5.32 Å². The first-order valence-electron chi connectivity index (χ1n) is 7.32. The maximum atomic E-state index is 12.8. The number of halogens is 3. The molecule has 0 aliphatic heterocycles. The van der Waals surface area contributed by atoms with Crippen LogP contribution < -0.4 is 10.2 Å². The van der Waals surface area contributed by atoms with E-state index < -0.39 is 12.7 Å². The van der Waals surface area contributed by atoms with Gasteiger partial charge in [0.1, 0.15) is 6.54 Å². The number of benzene rings is 1. The van der Waals surface area contributed by atoms with Gasteiger partial charge in [0, 0.05) is 23.8 Å². The largest absolute Gasteiger partial charge is 0.405 e. The van der Waals surface area contributed by atoms with Crippen LogP contribution in [0.1, 0.15) is 39.2 Å². The Morgan fingerprint density at radius 2 is 1.76 bits per heavy atom. The summed E-state index contributed by atoms with van der Waals surface area (Å²) >= 11 is 0. The standard InChI is InChI=1S/C16H23F3N2/c1-15(2,3)20-10-12-6-4-5-7-14(12)21(13-8-9-13)11-16(17,18)19/h4-7,13,20H,8-11H2,1-3H3. The molecule has 1 aliphatic rings. The average molecular weight is 300 g/mol. The summed E-state index contributed by atoms with van der Waals surface area (Å²) in [6, 6.07) is 7.41. The van der Waals surface area contributed by atoms with Crippen molar-refractivity contribution in [3.8, 4) is 0 Å². The number of rotatable bonds is 5. The van der Waals surface area contributed by atoms with Crippen molar-refractivity contribution in [2.75, 3.05) is 11.4 Å². The van der Waals surface area contributed by atoms with Gasteiger partial charge in [0.05, 0.1) is 0 Å². The number of para-hydroxylation sites is 1. The molecule has 21 heavy (non-hydrogen) atoms. The molecule has 0 radical (unpaired) electrons. The molecular weight excluding hydrogens is 277 g/mol. The number of hydrogen-bond donors (Lipinski definition) is 1. The smallest absolute Gasteiger partial charge is 0.359 e. The highest BCUT2D eigenvalue weighted by Gasteiger charge is 2.38. The zero-order chi connectivity index (χ0) is 15.7. The maximum absolute atomic E-state index is 12.8. The third-order valence-corrected chi connectivity index (χ3v) is 3.45. The van der Waals surface area contributed by atoms with Crippen LogP contribution in [0.3, 0.4) is 0 Å². The third-order valence-electron chi connectivity index (χ3n) is 3.45. The van der Waals surface area contributed by atoms with Crippen molar-refractivity contribution in [1.29, 1.82) is 0 Å². The highest BCUT2D eigenvalue weighted by Crippen LogP contribution is 2.36. The van der Waals surface area contributed by atoms with Crippen molar-refractivity contribution in [3.63, 3.8) is 0 Å². The summed E-state index contributed by atoms with van der Waals surface area (Å²) in [6.07, 6.45) is -2.48. The Balaban J connectivity index is 2.20. The molecule has 0 atom stereocenters. The topological polar surface area (TPSA) is 15.3 Å². The van der Waals surface area contributed by atoms with E-state index in [9.17, 15) is 13.2 Å². The molecule has 0 bridgehead atoms. The zero-order valence-electron chi connectivity index (χ0n) is 12.8. The summed E-state index contributed by atoms with van der Waals surface area (Å²) in [5.74, 6) is 0. The summed E-state index contributed by atoms with van der Waals surface area (Å²) in [5.41, 5.74) is 1.55. The van der Waals surface area contributed by atoms with Crippen LogP contribution in [0.5, 0.6) is 0 Å². The van der Waals surface area contributed by atoms with Crippen molar-refractivity contribution in [2.45, 2.75) is 57.9 Å². The minimum absolute atomic E-state index is 0.0300. The molecule has 0 spiro atoms. The van der Waals surface area contributed by atoms with E-state index in [1.54, 1.807) is 6.07 Å². The van der Waals surface area contributed by atoms with E-state index in [2.05, 4.69) is 5.32 Å². The highest BCUT2D eigenvalue weighted by molar-refractivity contribution is 5.55. The monoisotopic (exact) mass is 300 g/mol. The second kappa shape index (κ2) is 5.87. The molecule has 1 saturated carbocycles. The molecular formula is C16H23F3N2. The van der Waals surface area contributed by atoms with Gasteiger partial charge in [-0.25, -0.2) is 0 Å². The Hall–Kier alpha value is -1.23. The molecule has 1 aromatic rings. The summed E-state index contributed by atoms with van der Waals surface area (Å²) in [7, 11) is 0. The lowest BCUT2D eigenvalue weighted by atomic mass is 10.1. The lowest BCUT2D eigenvalue weighted by molar-refractivity contribution is -0.120. The summed E-state index contributed by atoms with van der Waals surface area (Å²) in [6.45, 7) is 5.84. The minimum atomic E-state index is -4.17. The fourth-order valence-corrected chi connectivity index (χ4v) is 2.29. The molecule has 2 nitrogen and oxygen atoms in total. The molecule has 2 rings (SSSR count). The molecule has 1 fully saturated rings. The molecule has 1 N–H and O–H groups in total. The van der Waals surface area contributed by atoms with E-state index in [0.29, 0.717) is 12.2 Å². The van der Waals surface area contributed by atoms with Gasteiger partial charge < -0.3 is 10.2 Å². The first-order chi connectivity index (χ1) is 9.66. The summed E-state index contributed by atoms with van der Waals surface area (Å²) in [5, 5.41) is 3.35. The van der Waals surface area contributed by atoms with Crippen LogP contribution in [0, 0.1) is 0 Å². The third kappa shape index (κ3) is 5.23. The Bertz CT molecular complexity index is 473. The van der Waals surface area contributed by atoms with E-state index in [1.165, 1.54) is 4.90 Å². The Kier molecular flexibility index (Phi) is 4.51. The van der Waals surface area contributed by atoms with Crippen LogP contribution in [-0.2, 0) is 6.54 Å². The van der Waals surface area contributed by atoms with Crippen LogP contribution in [-0.4, -0.2) is 24.3 Å². The van der Waals surface area contributed by atoms with Gasteiger partial charge in [-0.1, -0.05) is 18.2 Å². The van der Waals surface area contributed by atoms with Gasteiger partial charge in [-0.05, 0) is 45.2 Å². The van der Waals surface area contributed by atoms with Crippen molar-refractivity contribution < 1.29 is 13.2 Å². The predicted molar refractivity (Wildman–Crippen MR) is 79.5 cm³/mol. The lowest BCUT2D eigenvalue weighted by Crippen LogP contribution is -2.38. The van der Waals surface area contributed by atoms with Gasteiger partial charge in [0.25, 0.3) is 0 Å². The van der Waals surface area contributed by atoms with Gasteiger partial charge in [0.15, 0.2) is 0 Å². The molecule has 0 unspecified atom stereocenters. The highest BCUT2D eigenvalue weighted by atomic mass is 19.4. The molecule has 118 valence electrons. The first-order valence-corrected chi connectivity index (χ1v) is 7.32. The number of hydrogen-bond acceptors (Lipinski definition) is 2. The van der Waals surface area contributed by atoms with Crippen molar-refractivity contribution in [3.05, 3.63) is 29.8 Å². The van der Waals surface area contributed by atoms with Gasteiger partial charge >= 0.3 is 6.18 Å². The normalized spacial score (nSPS) is 16.1. The number of alkyl halides is 3. The molecule has 0 heterocycles. The van der Waals surface area contributed by atoms with E-state index >= 15 is 0 Å². The van der Waals surface area contributed by atoms with E-state index in [0.717, 1.165) is 18.4 Å². The molecule has 1 aliphatic carbocycles. The predicted octanol–water partition coefficient (Wildman–Crippen LogP) is 4.11. The number of nitrogens with one attached hydrogen (secondary N) is 1. The Labute approximate surface area is 124 Å². The van der Waals surface area contributed by atoms with Gasteiger partial charge in [-0.2, -0.15) is 13.2 Å². The van der Waals surface area contributed by atoms with Gasteiger partial charge in [0.2, 0.25) is 0 Å². The van der Waals surface area contributed by atoms with Crippen LogP contribution in [0.25, 0.3) is 0 Å². The SMILES string of the molecule is CC(C)(C)NCc1ccccc1N(CC(F)(F)F)C1CC1. The van der Waals surface area contributed by atoms with Crippen LogP contribution in [0.15, 0.2) is 24.3 Å². The van der Waals surface area contributed by atoms with Crippen LogP contribution >= 0.6 is 0 Å². The lowest BCUT2D eigenvalue weighted by Gasteiger charge is -2.29. The van der Waals surface area contributed by atoms with Gasteiger partial charge in [-0.3, -0.25) is 0 Å². The second-order valence-electron chi connectivity index (χ2n) is 6.71. The fourth-order valence-electron chi connectivity index (χ4n) is 2.29. The Morgan fingerprint density at radius 1 is 1.14 bits per heavy atom. The minimum Gasteiger partial charge on any atom is -0.359 e. The first kappa shape index (κ1) is 16.1. The van der Waals surface area contributed by atoms with E-state index in [-0.39, 0.29) is 11.6 Å². The molecule has 0 aromatic heterocycles. The fraction of sp³-hybridized carbons (Fsp3) is 0.625. The molecule has 0 saturated heterocycles. The van der Waals surface area contributed by atoms with Gasteiger partial charge in [-0.15, -0.1) is 0 Å². The number of nitrogens with zero attached hydrogens (tertiary/aromatic N) is 1. The molecule has 1 aromatic carbocycles. The van der Waals surface area contributed by atoms with E-state index in [4.69, 9.17) is 0 Å². The zero-order valence-corrected chi connectivity index (χ0v) is 12.8. The quantitative estimate of drug-likeness (QED) is 0.880. The van der Waals surface area contributed by atoms with Crippen molar-refractivity contribution >= 4 is 5.69 Å².